The lowest BCUT2D eigenvalue weighted by atomic mass is 9.98. The lowest BCUT2D eigenvalue weighted by molar-refractivity contribution is 0.0604. The van der Waals surface area contributed by atoms with Crippen molar-refractivity contribution in [3.05, 3.63) is 82.2 Å². The standard InChI is InChI=1S/C21H16O5S/c1-26-21(25)19-14(12-18(27-19)13-7-3-2-4-8-13)11-17(22)15-9-5-6-10-16(15)20(23)24/h2-10,12H,11H2,1H3,(H,23,24). The zero-order valence-electron chi connectivity index (χ0n) is 14.5. The van der Waals surface area contributed by atoms with Gasteiger partial charge in [-0.3, -0.25) is 4.79 Å². The number of benzene rings is 2. The molecule has 0 bridgehead atoms. The molecular weight excluding hydrogens is 364 g/mol. The summed E-state index contributed by atoms with van der Waals surface area (Å²) in [5.74, 6) is -2.05. The van der Waals surface area contributed by atoms with Crippen molar-refractivity contribution in [1.29, 1.82) is 0 Å². The average Bonchev–Trinajstić information content (AvgIpc) is 3.11. The summed E-state index contributed by atoms with van der Waals surface area (Å²) in [6.45, 7) is 0. The zero-order valence-corrected chi connectivity index (χ0v) is 15.3. The summed E-state index contributed by atoms with van der Waals surface area (Å²) >= 11 is 1.25. The van der Waals surface area contributed by atoms with Gasteiger partial charge in [0.2, 0.25) is 0 Å². The second-order valence-electron chi connectivity index (χ2n) is 5.77. The van der Waals surface area contributed by atoms with E-state index in [2.05, 4.69) is 0 Å². The van der Waals surface area contributed by atoms with Gasteiger partial charge in [-0.2, -0.15) is 0 Å². The van der Waals surface area contributed by atoms with Crippen LogP contribution in [0.3, 0.4) is 0 Å². The first-order chi connectivity index (χ1) is 13.0. The van der Waals surface area contributed by atoms with Crippen LogP contribution in [0.1, 0.15) is 36.0 Å². The van der Waals surface area contributed by atoms with Crippen LogP contribution in [0.2, 0.25) is 0 Å². The topological polar surface area (TPSA) is 80.7 Å². The fraction of sp³-hybridized carbons (Fsp3) is 0.0952. The molecule has 0 saturated heterocycles. The molecule has 0 atom stereocenters. The Bertz CT molecular complexity index is 1000. The molecule has 5 nitrogen and oxygen atoms in total. The van der Waals surface area contributed by atoms with Gasteiger partial charge in [-0.15, -0.1) is 11.3 Å². The highest BCUT2D eigenvalue weighted by Gasteiger charge is 2.22. The molecule has 0 radical (unpaired) electrons. The molecule has 0 aliphatic carbocycles. The van der Waals surface area contributed by atoms with Crippen LogP contribution in [0.25, 0.3) is 10.4 Å². The summed E-state index contributed by atoms with van der Waals surface area (Å²) in [4.78, 5) is 37.4. The minimum atomic E-state index is -1.16. The molecular formula is C21H16O5S. The van der Waals surface area contributed by atoms with E-state index >= 15 is 0 Å². The number of hydrogen-bond donors (Lipinski definition) is 1. The van der Waals surface area contributed by atoms with Crippen molar-refractivity contribution < 1.29 is 24.2 Å². The largest absolute Gasteiger partial charge is 0.478 e. The maximum absolute atomic E-state index is 12.7. The Labute approximate surface area is 159 Å². The molecule has 1 N–H and O–H groups in total. The van der Waals surface area contributed by atoms with Crippen molar-refractivity contribution in [3.8, 4) is 10.4 Å². The molecule has 0 aliphatic heterocycles. The number of carbonyl (C=O) groups is 3. The second kappa shape index (κ2) is 7.97. The molecule has 0 aliphatic rings. The lowest BCUT2D eigenvalue weighted by Gasteiger charge is -2.05. The van der Waals surface area contributed by atoms with E-state index in [0.29, 0.717) is 10.4 Å². The van der Waals surface area contributed by atoms with Crippen molar-refractivity contribution in [2.75, 3.05) is 7.11 Å². The van der Waals surface area contributed by atoms with E-state index in [1.165, 1.54) is 30.6 Å². The molecule has 1 heterocycles. The van der Waals surface area contributed by atoms with Crippen LogP contribution in [-0.4, -0.2) is 29.9 Å². The molecule has 6 heteroatoms. The highest BCUT2D eigenvalue weighted by Crippen LogP contribution is 2.33. The number of carboxylic acid groups (broad SMARTS) is 1. The third kappa shape index (κ3) is 3.96. The van der Waals surface area contributed by atoms with E-state index in [-0.39, 0.29) is 23.3 Å². The van der Waals surface area contributed by atoms with Gasteiger partial charge in [-0.25, -0.2) is 9.59 Å². The number of methoxy groups -OCH3 is 1. The van der Waals surface area contributed by atoms with Gasteiger partial charge in [0.05, 0.1) is 12.7 Å². The van der Waals surface area contributed by atoms with E-state index < -0.39 is 11.9 Å². The van der Waals surface area contributed by atoms with Crippen molar-refractivity contribution in [2.24, 2.45) is 0 Å². The van der Waals surface area contributed by atoms with Crippen LogP contribution >= 0.6 is 11.3 Å². The third-order valence-electron chi connectivity index (χ3n) is 4.05. The molecule has 27 heavy (non-hydrogen) atoms. The first-order valence-electron chi connectivity index (χ1n) is 8.13. The van der Waals surface area contributed by atoms with Crippen LogP contribution < -0.4 is 0 Å². The molecule has 3 rings (SSSR count). The van der Waals surface area contributed by atoms with E-state index in [0.717, 1.165) is 10.4 Å². The summed E-state index contributed by atoms with van der Waals surface area (Å²) in [5.41, 5.74) is 1.52. The Balaban J connectivity index is 1.99. The smallest absolute Gasteiger partial charge is 0.348 e. The van der Waals surface area contributed by atoms with E-state index in [4.69, 9.17) is 4.74 Å². The fourth-order valence-corrected chi connectivity index (χ4v) is 3.86. The molecule has 136 valence electrons. The molecule has 2 aromatic carbocycles. The number of carboxylic acids is 1. The lowest BCUT2D eigenvalue weighted by Crippen LogP contribution is -2.12. The fourth-order valence-electron chi connectivity index (χ4n) is 2.75. The van der Waals surface area contributed by atoms with Gasteiger partial charge in [0, 0.05) is 16.9 Å². The number of Topliss-reactive ketones (excluding diaryl/α,β-unsaturated/α-hetero) is 1. The number of rotatable bonds is 6. The third-order valence-corrected chi connectivity index (χ3v) is 5.25. The minimum absolute atomic E-state index is 0.0550. The highest BCUT2D eigenvalue weighted by atomic mass is 32.1. The summed E-state index contributed by atoms with van der Waals surface area (Å²) in [5, 5.41) is 9.29. The molecule has 0 unspecified atom stereocenters. The monoisotopic (exact) mass is 380 g/mol. The molecule has 0 amide bonds. The van der Waals surface area contributed by atoms with Gasteiger partial charge in [-0.05, 0) is 23.3 Å². The van der Waals surface area contributed by atoms with Crippen LogP contribution in [0, 0.1) is 0 Å². The normalized spacial score (nSPS) is 10.4. The van der Waals surface area contributed by atoms with Gasteiger partial charge < -0.3 is 9.84 Å². The Morgan fingerprint density at radius 2 is 1.59 bits per heavy atom. The van der Waals surface area contributed by atoms with Gasteiger partial charge in [0.1, 0.15) is 4.88 Å². The molecule has 3 aromatic rings. The zero-order chi connectivity index (χ0) is 19.4. The highest BCUT2D eigenvalue weighted by molar-refractivity contribution is 7.17. The van der Waals surface area contributed by atoms with E-state index in [9.17, 15) is 19.5 Å². The maximum Gasteiger partial charge on any atom is 0.348 e. The molecule has 0 fully saturated rings. The second-order valence-corrected chi connectivity index (χ2v) is 6.83. The molecule has 1 aromatic heterocycles. The molecule has 0 saturated carbocycles. The van der Waals surface area contributed by atoms with E-state index in [1.807, 2.05) is 30.3 Å². The van der Waals surface area contributed by atoms with Crippen LogP contribution in [0.15, 0.2) is 60.7 Å². The van der Waals surface area contributed by atoms with Crippen LogP contribution in [-0.2, 0) is 11.2 Å². The quantitative estimate of drug-likeness (QED) is 0.509. The SMILES string of the molecule is COC(=O)c1sc(-c2ccccc2)cc1CC(=O)c1ccccc1C(=O)O. The van der Waals surface area contributed by atoms with Gasteiger partial charge in [-0.1, -0.05) is 48.5 Å². The Morgan fingerprint density at radius 3 is 2.22 bits per heavy atom. The Hall–Kier alpha value is -3.25. The number of esters is 1. The summed E-state index contributed by atoms with van der Waals surface area (Å²) in [6, 6.07) is 17.3. The number of hydrogen-bond acceptors (Lipinski definition) is 5. The predicted molar refractivity (Wildman–Crippen MR) is 103 cm³/mol. The average molecular weight is 380 g/mol. The summed E-state index contributed by atoms with van der Waals surface area (Å²) in [7, 11) is 1.29. The van der Waals surface area contributed by atoms with Crippen molar-refractivity contribution in [2.45, 2.75) is 6.42 Å². The van der Waals surface area contributed by atoms with Crippen molar-refractivity contribution >= 4 is 29.1 Å². The van der Waals surface area contributed by atoms with Gasteiger partial charge in [0.15, 0.2) is 5.78 Å². The minimum Gasteiger partial charge on any atom is -0.478 e. The predicted octanol–water partition coefficient (Wildman–Crippen LogP) is 4.33. The number of ether oxygens (including phenoxy) is 1. The van der Waals surface area contributed by atoms with Gasteiger partial charge in [0.25, 0.3) is 0 Å². The van der Waals surface area contributed by atoms with Crippen LogP contribution in [0.5, 0.6) is 0 Å². The first kappa shape index (κ1) is 18.5. The number of carbonyl (C=O) groups excluding carboxylic acids is 2. The molecule has 0 spiro atoms. The number of aromatic carboxylic acids is 1. The van der Waals surface area contributed by atoms with Crippen molar-refractivity contribution in [3.63, 3.8) is 0 Å². The van der Waals surface area contributed by atoms with E-state index in [1.54, 1.807) is 18.2 Å². The number of thiophene rings is 1. The number of ketones is 1. The summed E-state index contributed by atoms with van der Waals surface area (Å²) < 4.78 is 4.84. The van der Waals surface area contributed by atoms with Crippen molar-refractivity contribution in [1.82, 2.24) is 0 Å². The maximum atomic E-state index is 12.7. The van der Waals surface area contributed by atoms with Crippen LogP contribution in [0.4, 0.5) is 0 Å². The first-order valence-corrected chi connectivity index (χ1v) is 8.95. The van der Waals surface area contributed by atoms with Gasteiger partial charge >= 0.3 is 11.9 Å². The Kier molecular flexibility index (Phi) is 5.47. The summed E-state index contributed by atoms with van der Waals surface area (Å²) in [6.07, 6.45) is -0.0853. The Morgan fingerprint density at radius 1 is 0.963 bits per heavy atom.